The monoisotopic (exact) mass is 304 g/mol. The summed E-state index contributed by atoms with van der Waals surface area (Å²) in [5.41, 5.74) is 7.97. The molecule has 4 N–H and O–H groups in total. The van der Waals surface area contributed by atoms with E-state index in [9.17, 15) is 4.39 Å². The van der Waals surface area contributed by atoms with Crippen LogP contribution < -0.4 is 16.2 Å². The van der Waals surface area contributed by atoms with Crippen LogP contribution in [-0.4, -0.2) is 17.1 Å². The second kappa shape index (κ2) is 5.93. The number of hydrogen-bond donors (Lipinski definition) is 4. The highest BCUT2D eigenvalue weighted by molar-refractivity contribution is 7.71. The van der Waals surface area contributed by atoms with Gasteiger partial charge in [0.2, 0.25) is 0 Å². The van der Waals surface area contributed by atoms with Gasteiger partial charge in [0.15, 0.2) is 5.95 Å². The smallest absolute Gasteiger partial charge is 0.197 e. The summed E-state index contributed by atoms with van der Waals surface area (Å²) in [5.74, 6) is -0.405. The Morgan fingerprint density at radius 1 is 1.10 bits per heavy atom. The highest BCUT2D eigenvalue weighted by Crippen LogP contribution is 2.21. The molecule has 3 rings (SSSR count). The summed E-state index contributed by atoms with van der Waals surface area (Å²) in [4.78, 5) is 2.53. The molecule has 0 radical (unpaired) electrons. The summed E-state index contributed by atoms with van der Waals surface area (Å²) < 4.78 is 14.3. The van der Waals surface area contributed by atoms with Gasteiger partial charge in [-0.3, -0.25) is 0 Å². The van der Waals surface area contributed by atoms with Crippen molar-refractivity contribution in [1.29, 1.82) is 0 Å². The summed E-state index contributed by atoms with van der Waals surface area (Å²) >= 11 is 4.90. The molecular formula is C15H17FN4S. The van der Waals surface area contributed by atoms with Gasteiger partial charge in [-0.05, 0) is 24.6 Å². The van der Waals surface area contributed by atoms with Crippen molar-refractivity contribution in [2.75, 3.05) is 0 Å². The highest BCUT2D eigenvalue weighted by Gasteiger charge is 2.21. The first-order chi connectivity index (χ1) is 10.1. The molecule has 3 unspecified atom stereocenters. The van der Waals surface area contributed by atoms with Crippen LogP contribution in [-0.2, 0) is 0 Å². The van der Waals surface area contributed by atoms with E-state index in [0.29, 0.717) is 16.2 Å². The second-order valence-corrected chi connectivity index (χ2v) is 5.62. The standard InChI is InChI=1S/C15H17FN4S/c1-9-2-3-10(8-17-9)12-5-6-13(20-19-12)11-4-7-14(21)18-15(11)16/h2-9,12-13,17,19-20H,1H3,(H,18,21). The highest BCUT2D eigenvalue weighted by atomic mass is 32.1. The van der Waals surface area contributed by atoms with Crippen molar-refractivity contribution in [3.63, 3.8) is 0 Å². The second-order valence-electron chi connectivity index (χ2n) is 5.18. The zero-order valence-electron chi connectivity index (χ0n) is 11.6. The molecule has 2 aliphatic heterocycles. The molecule has 3 atom stereocenters. The number of nitrogens with one attached hydrogen (secondary N) is 4. The van der Waals surface area contributed by atoms with Gasteiger partial charge in [0.1, 0.15) is 4.64 Å². The number of dihydropyridines is 1. The molecule has 3 heterocycles. The summed E-state index contributed by atoms with van der Waals surface area (Å²) in [6.07, 6.45) is 10.2. The molecule has 1 aromatic heterocycles. The van der Waals surface area contributed by atoms with Crippen LogP contribution in [0.3, 0.4) is 0 Å². The molecule has 6 heteroatoms. The maximum absolute atomic E-state index is 13.9. The van der Waals surface area contributed by atoms with E-state index in [2.05, 4.69) is 40.2 Å². The Morgan fingerprint density at radius 2 is 1.86 bits per heavy atom. The molecule has 0 saturated heterocycles. The molecule has 21 heavy (non-hydrogen) atoms. The minimum absolute atomic E-state index is 0.0581. The Bertz CT molecular complexity index is 676. The van der Waals surface area contributed by atoms with Crippen LogP contribution in [0.5, 0.6) is 0 Å². The molecule has 0 spiro atoms. The Kier molecular flexibility index (Phi) is 4.01. The van der Waals surface area contributed by atoms with Gasteiger partial charge in [-0.25, -0.2) is 10.9 Å². The van der Waals surface area contributed by atoms with Crippen LogP contribution in [0.4, 0.5) is 4.39 Å². The van der Waals surface area contributed by atoms with Crippen LogP contribution in [0.15, 0.2) is 48.2 Å². The van der Waals surface area contributed by atoms with E-state index < -0.39 is 5.95 Å². The van der Waals surface area contributed by atoms with Gasteiger partial charge in [-0.2, -0.15) is 4.39 Å². The summed E-state index contributed by atoms with van der Waals surface area (Å²) in [6.45, 7) is 2.09. The van der Waals surface area contributed by atoms with Crippen LogP contribution in [0.25, 0.3) is 0 Å². The molecule has 0 saturated carbocycles. The summed E-state index contributed by atoms with van der Waals surface area (Å²) in [7, 11) is 0. The minimum atomic E-state index is -0.405. The molecule has 110 valence electrons. The lowest BCUT2D eigenvalue weighted by Gasteiger charge is -2.28. The molecule has 0 aromatic carbocycles. The van der Waals surface area contributed by atoms with Crippen molar-refractivity contribution in [2.45, 2.75) is 25.0 Å². The SMILES string of the molecule is CC1C=CC(C2C=CC(c3ccc(=S)[nH]c3F)NN2)=CN1. The number of hydrogen-bond acceptors (Lipinski definition) is 4. The largest absolute Gasteiger partial charge is 0.385 e. The van der Waals surface area contributed by atoms with Crippen LogP contribution >= 0.6 is 12.2 Å². The van der Waals surface area contributed by atoms with E-state index in [4.69, 9.17) is 12.2 Å². The van der Waals surface area contributed by atoms with Crippen LogP contribution in [0.2, 0.25) is 0 Å². The lowest BCUT2D eigenvalue weighted by molar-refractivity contribution is 0.432. The van der Waals surface area contributed by atoms with Crippen molar-refractivity contribution in [2.24, 2.45) is 0 Å². The normalized spacial score (nSPS) is 28.1. The van der Waals surface area contributed by atoms with E-state index in [-0.39, 0.29) is 12.1 Å². The van der Waals surface area contributed by atoms with Crippen LogP contribution in [0, 0.1) is 10.6 Å². The Labute approximate surface area is 127 Å². The van der Waals surface area contributed by atoms with Gasteiger partial charge in [0.25, 0.3) is 0 Å². The molecule has 0 aliphatic carbocycles. The predicted octanol–water partition coefficient (Wildman–Crippen LogP) is 2.39. The molecule has 2 aliphatic rings. The Balaban J connectivity index is 1.75. The lowest BCUT2D eigenvalue weighted by Crippen LogP contribution is -2.46. The number of H-pyrrole nitrogens is 1. The zero-order chi connectivity index (χ0) is 14.8. The Morgan fingerprint density at radius 3 is 2.48 bits per heavy atom. The first kappa shape index (κ1) is 14.2. The number of aromatic nitrogens is 1. The third kappa shape index (κ3) is 3.12. The third-order valence-electron chi connectivity index (χ3n) is 3.58. The van der Waals surface area contributed by atoms with Gasteiger partial charge < -0.3 is 10.3 Å². The average molecular weight is 304 g/mol. The zero-order valence-corrected chi connectivity index (χ0v) is 12.4. The van der Waals surface area contributed by atoms with E-state index in [1.54, 1.807) is 12.1 Å². The fourth-order valence-corrected chi connectivity index (χ4v) is 2.51. The van der Waals surface area contributed by atoms with E-state index in [1.807, 2.05) is 18.4 Å². The fourth-order valence-electron chi connectivity index (χ4n) is 2.35. The number of pyridine rings is 1. The van der Waals surface area contributed by atoms with Crippen LogP contribution in [0.1, 0.15) is 18.5 Å². The van der Waals surface area contributed by atoms with Gasteiger partial charge in [-0.1, -0.05) is 36.5 Å². The topological polar surface area (TPSA) is 51.9 Å². The number of halogens is 1. The van der Waals surface area contributed by atoms with Gasteiger partial charge in [0.05, 0.1) is 12.1 Å². The first-order valence-corrected chi connectivity index (χ1v) is 7.27. The first-order valence-electron chi connectivity index (χ1n) is 6.86. The van der Waals surface area contributed by atoms with E-state index in [0.717, 1.165) is 5.57 Å². The van der Waals surface area contributed by atoms with Crippen molar-refractivity contribution < 1.29 is 4.39 Å². The van der Waals surface area contributed by atoms with Crippen molar-refractivity contribution in [3.8, 4) is 0 Å². The maximum Gasteiger partial charge on any atom is 0.197 e. The molecule has 4 nitrogen and oxygen atoms in total. The fraction of sp³-hybridized carbons (Fsp3) is 0.267. The van der Waals surface area contributed by atoms with Crippen molar-refractivity contribution in [3.05, 3.63) is 64.4 Å². The van der Waals surface area contributed by atoms with E-state index in [1.165, 1.54) is 0 Å². The quantitative estimate of drug-likeness (QED) is 0.385. The molecule has 0 bridgehead atoms. The molecule has 1 aromatic rings. The number of aromatic amines is 1. The van der Waals surface area contributed by atoms with E-state index >= 15 is 0 Å². The molecular weight excluding hydrogens is 287 g/mol. The summed E-state index contributed by atoms with van der Waals surface area (Å²) in [5, 5.41) is 3.26. The molecule has 0 fully saturated rings. The summed E-state index contributed by atoms with van der Waals surface area (Å²) in [6, 6.07) is 3.56. The number of rotatable bonds is 2. The van der Waals surface area contributed by atoms with Gasteiger partial charge in [0, 0.05) is 17.8 Å². The molecule has 0 amide bonds. The Hall–Kier alpha value is -1.76. The average Bonchev–Trinajstić information content (AvgIpc) is 2.48. The minimum Gasteiger partial charge on any atom is -0.385 e. The van der Waals surface area contributed by atoms with Gasteiger partial charge >= 0.3 is 0 Å². The third-order valence-corrected chi connectivity index (χ3v) is 3.81. The predicted molar refractivity (Wildman–Crippen MR) is 83.3 cm³/mol. The lowest BCUT2D eigenvalue weighted by atomic mass is 10.00. The van der Waals surface area contributed by atoms with Gasteiger partial charge in [-0.15, -0.1) is 0 Å². The van der Waals surface area contributed by atoms with Crippen molar-refractivity contribution >= 4 is 12.2 Å². The van der Waals surface area contributed by atoms with Crippen molar-refractivity contribution in [1.82, 2.24) is 21.2 Å². The number of hydrazine groups is 1. The maximum atomic E-state index is 13.9.